The Balaban J connectivity index is 5.50. The molecule has 78 heavy (non-hydrogen) atoms. The van der Waals surface area contributed by atoms with Crippen LogP contribution in [-0.2, 0) is 47.7 Å². The van der Waals surface area contributed by atoms with Crippen molar-refractivity contribution in [3.63, 3.8) is 0 Å². The highest BCUT2D eigenvalue weighted by Crippen LogP contribution is 2.23. The zero-order valence-corrected chi connectivity index (χ0v) is 52.4. The fraction of sp³-hybridized carbons (Fsp3) is 0.924. The first-order valence-corrected chi connectivity index (χ1v) is 33.3. The standard InChI is InChI=1S/C66H126N2O10/c1-9-17-23-31-44-59(41-20-12-4)64(71)74-52-37-30-28-26-27-29-36-49-68(51-40-50-67(15-7)16-8)55-58(56-77-62(69)47-34-38-53-75-65(72)60(42-21-13-5)45-32-24-18-10-2)57-78-63(70)48-35-39-54-76-66(73)61(43-22-14-6)46-33-25-19-11-3/h58-61H,9-57H2,1-8H3. The minimum atomic E-state index is -0.290. The summed E-state index contributed by atoms with van der Waals surface area (Å²) >= 11 is 0. The molecule has 0 heterocycles. The fourth-order valence-electron chi connectivity index (χ4n) is 10.3. The Morgan fingerprint density at radius 2 is 0.615 bits per heavy atom. The molecule has 0 spiro atoms. The van der Waals surface area contributed by atoms with Crippen LogP contribution in [0.1, 0.15) is 299 Å². The largest absolute Gasteiger partial charge is 0.465 e. The van der Waals surface area contributed by atoms with Gasteiger partial charge >= 0.3 is 29.8 Å². The predicted octanol–water partition coefficient (Wildman–Crippen LogP) is 16.8. The van der Waals surface area contributed by atoms with E-state index in [4.69, 9.17) is 23.7 Å². The molecule has 12 heteroatoms. The van der Waals surface area contributed by atoms with Gasteiger partial charge in [-0.05, 0) is 116 Å². The molecule has 0 bridgehead atoms. The van der Waals surface area contributed by atoms with Crippen molar-refractivity contribution in [2.24, 2.45) is 23.7 Å². The van der Waals surface area contributed by atoms with Crippen LogP contribution in [0.5, 0.6) is 0 Å². The lowest BCUT2D eigenvalue weighted by Gasteiger charge is -2.28. The minimum Gasteiger partial charge on any atom is -0.465 e. The smallest absolute Gasteiger partial charge is 0.308 e. The van der Waals surface area contributed by atoms with Crippen molar-refractivity contribution in [2.45, 2.75) is 299 Å². The number of carbonyl (C=O) groups excluding carboxylic acids is 5. The summed E-state index contributed by atoms with van der Waals surface area (Å²) in [4.78, 5) is 70.1. The highest BCUT2D eigenvalue weighted by Gasteiger charge is 2.23. The molecule has 0 aromatic carbocycles. The summed E-state index contributed by atoms with van der Waals surface area (Å²) in [5, 5.41) is 0. The quantitative estimate of drug-likeness (QED) is 0.0325. The number of carbonyl (C=O) groups is 5. The predicted molar refractivity (Wildman–Crippen MR) is 322 cm³/mol. The van der Waals surface area contributed by atoms with Crippen molar-refractivity contribution in [1.82, 2.24) is 9.80 Å². The first kappa shape index (κ1) is 75.3. The summed E-state index contributed by atoms with van der Waals surface area (Å²) in [5.41, 5.74) is 0. The lowest BCUT2D eigenvalue weighted by Crippen LogP contribution is -2.37. The van der Waals surface area contributed by atoms with Crippen molar-refractivity contribution >= 4 is 29.8 Å². The Morgan fingerprint density at radius 1 is 0.308 bits per heavy atom. The molecular formula is C66H126N2O10. The molecule has 3 unspecified atom stereocenters. The molecule has 0 rings (SSSR count). The van der Waals surface area contributed by atoms with E-state index in [-0.39, 0.29) is 79.6 Å². The molecule has 0 radical (unpaired) electrons. The highest BCUT2D eigenvalue weighted by molar-refractivity contribution is 5.73. The van der Waals surface area contributed by atoms with Gasteiger partial charge in [-0.2, -0.15) is 0 Å². The van der Waals surface area contributed by atoms with Crippen LogP contribution in [0.25, 0.3) is 0 Å². The van der Waals surface area contributed by atoms with Crippen LogP contribution in [0.2, 0.25) is 0 Å². The van der Waals surface area contributed by atoms with E-state index in [2.05, 4.69) is 65.2 Å². The topological polar surface area (TPSA) is 138 Å². The second-order valence-electron chi connectivity index (χ2n) is 22.9. The molecular weight excluding hydrogens is 981 g/mol. The van der Waals surface area contributed by atoms with E-state index in [0.29, 0.717) is 52.0 Å². The SMILES string of the molecule is CCCCCCC(CCCC)C(=O)OCCCCCCCCCN(CCCN(CC)CC)CC(COC(=O)CCCCOC(=O)C(CCCC)CCCCCC)COC(=O)CCCCOC(=O)C(CCCC)CCCCCC. The van der Waals surface area contributed by atoms with Gasteiger partial charge in [0.2, 0.25) is 0 Å². The van der Waals surface area contributed by atoms with E-state index < -0.39 is 0 Å². The number of esters is 5. The molecule has 460 valence electrons. The monoisotopic (exact) mass is 1110 g/mol. The van der Waals surface area contributed by atoms with E-state index in [1.807, 2.05) is 0 Å². The second kappa shape index (κ2) is 56.1. The molecule has 0 aliphatic carbocycles. The van der Waals surface area contributed by atoms with Crippen molar-refractivity contribution < 1.29 is 47.7 Å². The first-order valence-electron chi connectivity index (χ1n) is 33.3. The van der Waals surface area contributed by atoms with Crippen LogP contribution in [0, 0.1) is 23.7 Å². The molecule has 0 aromatic rings. The molecule has 0 aliphatic heterocycles. The zero-order valence-electron chi connectivity index (χ0n) is 52.4. The van der Waals surface area contributed by atoms with Crippen LogP contribution >= 0.6 is 0 Å². The summed E-state index contributed by atoms with van der Waals surface area (Å²) in [6, 6.07) is 0. The highest BCUT2D eigenvalue weighted by atomic mass is 16.6. The number of unbranched alkanes of at least 4 members (excludes halogenated alkanes) is 20. The maximum absolute atomic E-state index is 13.2. The normalized spacial score (nSPS) is 13.1. The Kier molecular flexibility index (Phi) is 54.2. The van der Waals surface area contributed by atoms with Gasteiger partial charge in [0.25, 0.3) is 0 Å². The van der Waals surface area contributed by atoms with Gasteiger partial charge in [-0.3, -0.25) is 24.0 Å². The van der Waals surface area contributed by atoms with Crippen LogP contribution in [0.4, 0.5) is 0 Å². The molecule has 3 atom stereocenters. The van der Waals surface area contributed by atoms with Crippen molar-refractivity contribution in [2.75, 3.05) is 72.3 Å². The third kappa shape index (κ3) is 44.9. The molecule has 0 saturated carbocycles. The van der Waals surface area contributed by atoms with Crippen molar-refractivity contribution in [1.29, 1.82) is 0 Å². The van der Waals surface area contributed by atoms with Gasteiger partial charge in [-0.25, -0.2) is 0 Å². The molecule has 0 N–H and O–H groups in total. The summed E-state index contributed by atoms with van der Waals surface area (Å²) < 4.78 is 29.0. The van der Waals surface area contributed by atoms with Gasteiger partial charge in [0.1, 0.15) is 0 Å². The van der Waals surface area contributed by atoms with Gasteiger partial charge in [0.05, 0.1) is 50.8 Å². The van der Waals surface area contributed by atoms with Gasteiger partial charge in [0, 0.05) is 25.3 Å². The first-order chi connectivity index (χ1) is 38.0. The van der Waals surface area contributed by atoms with E-state index >= 15 is 0 Å². The average molecular weight is 1110 g/mol. The average Bonchev–Trinajstić information content (AvgIpc) is 3.44. The Hall–Kier alpha value is -2.73. The summed E-state index contributed by atoms with van der Waals surface area (Å²) in [6.07, 6.45) is 37.0. The lowest BCUT2D eigenvalue weighted by atomic mass is 9.95. The molecule has 0 fully saturated rings. The third-order valence-electron chi connectivity index (χ3n) is 15.7. The number of hydrogen-bond donors (Lipinski definition) is 0. The Bertz CT molecular complexity index is 1330. The maximum atomic E-state index is 13.2. The third-order valence-corrected chi connectivity index (χ3v) is 15.7. The number of nitrogens with zero attached hydrogens (tertiary/aromatic N) is 2. The Labute approximate surface area is 480 Å². The van der Waals surface area contributed by atoms with Gasteiger partial charge in [0.15, 0.2) is 0 Å². The molecule has 12 nitrogen and oxygen atoms in total. The number of rotatable bonds is 59. The van der Waals surface area contributed by atoms with E-state index in [0.717, 1.165) is 193 Å². The molecule has 0 saturated heterocycles. The van der Waals surface area contributed by atoms with Crippen LogP contribution in [0.3, 0.4) is 0 Å². The van der Waals surface area contributed by atoms with Crippen LogP contribution < -0.4 is 0 Å². The Morgan fingerprint density at radius 3 is 0.987 bits per heavy atom. The maximum Gasteiger partial charge on any atom is 0.308 e. The number of ether oxygens (including phenoxy) is 5. The van der Waals surface area contributed by atoms with E-state index in [1.54, 1.807) is 0 Å². The van der Waals surface area contributed by atoms with E-state index in [9.17, 15) is 24.0 Å². The summed E-state index contributed by atoms with van der Waals surface area (Å²) in [7, 11) is 0. The summed E-state index contributed by atoms with van der Waals surface area (Å²) in [6.45, 7) is 24.4. The lowest BCUT2D eigenvalue weighted by molar-refractivity contribution is -0.150. The number of hydrogen-bond acceptors (Lipinski definition) is 12. The molecule has 0 amide bonds. The second-order valence-corrected chi connectivity index (χ2v) is 22.9. The van der Waals surface area contributed by atoms with Gasteiger partial charge < -0.3 is 33.5 Å². The van der Waals surface area contributed by atoms with Crippen molar-refractivity contribution in [3.05, 3.63) is 0 Å². The van der Waals surface area contributed by atoms with Gasteiger partial charge in [-0.15, -0.1) is 0 Å². The zero-order chi connectivity index (χ0) is 57.5. The van der Waals surface area contributed by atoms with Crippen LogP contribution in [0.15, 0.2) is 0 Å². The minimum absolute atomic E-state index is 0.0102. The summed E-state index contributed by atoms with van der Waals surface area (Å²) in [5.74, 6) is -1.01. The molecule has 0 aliphatic rings. The van der Waals surface area contributed by atoms with Crippen LogP contribution in [-0.4, -0.2) is 112 Å². The van der Waals surface area contributed by atoms with Crippen molar-refractivity contribution in [3.8, 4) is 0 Å². The van der Waals surface area contributed by atoms with E-state index in [1.165, 1.54) is 44.9 Å². The molecule has 0 aromatic heterocycles. The fourth-order valence-corrected chi connectivity index (χ4v) is 10.3. The van der Waals surface area contributed by atoms with Gasteiger partial charge in [-0.1, -0.05) is 203 Å².